The maximum absolute atomic E-state index is 6.33. The summed E-state index contributed by atoms with van der Waals surface area (Å²) in [5.74, 6) is 3.49. The van der Waals surface area contributed by atoms with Gasteiger partial charge in [0.2, 0.25) is 0 Å². The van der Waals surface area contributed by atoms with E-state index < -0.39 is 0 Å². The number of aromatic nitrogens is 4. The second kappa shape index (κ2) is 12.3. The van der Waals surface area contributed by atoms with Crippen molar-refractivity contribution in [1.82, 2.24) is 19.3 Å². The molecule has 0 saturated carbocycles. The summed E-state index contributed by atoms with van der Waals surface area (Å²) >= 11 is 0. The van der Waals surface area contributed by atoms with Crippen LogP contribution in [-0.4, -0.2) is 33.6 Å². The number of hydrogen-bond acceptors (Lipinski definition) is 5. The van der Waals surface area contributed by atoms with Gasteiger partial charge in [0.15, 0.2) is 0 Å². The number of pyridine rings is 1. The molecule has 4 aromatic carbocycles. The summed E-state index contributed by atoms with van der Waals surface area (Å²) in [5.41, 5.74) is 7.63. The molecule has 7 nitrogen and oxygen atoms in total. The molecule has 0 bridgehead atoms. The van der Waals surface area contributed by atoms with Crippen molar-refractivity contribution in [2.24, 2.45) is 0 Å². The van der Waals surface area contributed by atoms with E-state index in [1.54, 1.807) is 25.1 Å². The quantitative estimate of drug-likeness (QED) is 0.153. The maximum Gasteiger partial charge on any atom is 2.00 e. The predicted molar refractivity (Wildman–Crippen MR) is 173 cm³/mol. The molecule has 0 aliphatic rings. The van der Waals surface area contributed by atoms with Crippen molar-refractivity contribution in [2.45, 2.75) is 20.8 Å². The number of nitrogens with zero attached hydrogens (tertiary/aromatic N) is 4. The number of para-hydroxylation sites is 1. The Morgan fingerprint density at radius 1 is 0.756 bits per heavy atom. The molecule has 0 aliphatic heterocycles. The first kappa shape index (κ1) is 30.2. The molecule has 0 N–H and O–H groups in total. The first-order chi connectivity index (χ1) is 21.4. The Labute approximate surface area is 276 Å². The molecule has 3 heterocycles. The van der Waals surface area contributed by atoms with Crippen molar-refractivity contribution in [2.75, 3.05) is 14.2 Å². The van der Waals surface area contributed by atoms with Crippen LogP contribution in [0.15, 0.2) is 91.4 Å². The van der Waals surface area contributed by atoms with Crippen LogP contribution in [0.2, 0.25) is 0 Å². The van der Waals surface area contributed by atoms with Gasteiger partial charge in [-0.05, 0) is 72.8 Å². The van der Waals surface area contributed by atoms with Crippen LogP contribution in [0, 0.1) is 32.9 Å². The van der Waals surface area contributed by atoms with E-state index in [4.69, 9.17) is 14.2 Å². The third kappa shape index (κ3) is 5.38. The molecule has 0 aliphatic carbocycles. The van der Waals surface area contributed by atoms with Crippen LogP contribution in [-0.2, 0) is 21.1 Å². The molecule has 3 aromatic heterocycles. The summed E-state index contributed by atoms with van der Waals surface area (Å²) < 4.78 is 21.8. The van der Waals surface area contributed by atoms with E-state index in [0.29, 0.717) is 11.5 Å². The van der Waals surface area contributed by atoms with Gasteiger partial charge in [0, 0.05) is 35.0 Å². The molecule has 0 amide bonds. The minimum Gasteiger partial charge on any atom is -0.509 e. The number of rotatable bonds is 7. The SMILES string of the molecule is COc1c(C)cc(C)c(OC)c1-c1cnn(-c2[c-]c(Oc3[c-]c4c(cc3)c3ccccc3n4-c3cc(C)ccn3)ccc2)c1.[Pt+2]. The number of aryl methyl sites for hydroxylation is 3. The van der Waals surface area contributed by atoms with Crippen molar-refractivity contribution in [1.29, 1.82) is 0 Å². The average molecular weight is 774 g/mol. The standard InChI is InChI=1S/C37H30N4O3.Pt/c1-23-15-16-38-34(17-23)41-32-12-7-6-11-30(32)31-14-13-29(20-33(31)41)44-28-10-8-9-27(19-28)40-22-26(21-39-40)35-36(42-4)24(2)18-25(3)37(35)43-5;/h6-18,21-22H,1-5H3;/q-2;+2. The minimum absolute atomic E-state index is 0. The fraction of sp³-hybridized carbons (Fsp3) is 0.135. The van der Waals surface area contributed by atoms with E-state index in [2.05, 4.69) is 64.0 Å². The van der Waals surface area contributed by atoms with Gasteiger partial charge in [0.1, 0.15) is 17.3 Å². The van der Waals surface area contributed by atoms with Crippen LogP contribution in [0.1, 0.15) is 16.7 Å². The molecule has 226 valence electrons. The van der Waals surface area contributed by atoms with Gasteiger partial charge in [0.25, 0.3) is 0 Å². The van der Waals surface area contributed by atoms with Crippen molar-refractivity contribution >= 4 is 21.8 Å². The fourth-order valence-corrected chi connectivity index (χ4v) is 5.89. The van der Waals surface area contributed by atoms with Crippen LogP contribution in [0.5, 0.6) is 23.0 Å². The monoisotopic (exact) mass is 773 g/mol. The molecule has 0 unspecified atom stereocenters. The molecule has 45 heavy (non-hydrogen) atoms. The third-order valence-corrected chi connectivity index (χ3v) is 7.79. The number of methoxy groups -OCH3 is 2. The van der Waals surface area contributed by atoms with Crippen LogP contribution in [0.3, 0.4) is 0 Å². The second-order valence-corrected chi connectivity index (χ2v) is 10.8. The molecule has 8 heteroatoms. The molecule has 7 aromatic rings. The summed E-state index contributed by atoms with van der Waals surface area (Å²) in [6.07, 6.45) is 5.58. The van der Waals surface area contributed by atoms with Crippen molar-refractivity contribution < 1.29 is 35.3 Å². The molecule has 0 radical (unpaired) electrons. The van der Waals surface area contributed by atoms with Crippen molar-refractivity contribution in [3.63, 3.8) is 0 Å². The first-order valence-electron chi connectivity index (χ1n) is 14.3. The van der Waals surface area contributed by atoms with Gasteiger partial charge in [-0.1, -0.05) is 23.7 Å². The summed E-state index contributed by atoms with van der Waals surface area (Å²) in [4.78, 5) is 4.67. The molecular formula is C37H30N4O3Pt. The number of benzene rings is 4. The molecule has 0 spiro atoms. The van der Waals surface area contributed by atoms with E-state index in [9.17, 15) is 0 Å². The van der Waals surface area contributed by atoms with E-state index >= 15 is 0 Å². The van der Waals surface area contributed by atoms with Gasteiger partial charge in [-0.25, -0.2) is 4.98 Å². The van der Waals surface area contributed by atoms with Crippen LogP contribution >= 0.6 is 0 Å². The largest absolute Gasteiger partial charge is 2.00 e. The third-order valence-electron chi connectivity index (χ3n) is 7.79. The zero-order chi connectivity index (χ0) is 30.4. The Morgan fingerprint density at radius 3 is 2.27 bits per heavy atom. The van der Waals surface area contributed by atoms with Crippen LogP contribution in [0.25, 0.3) is 44.4 Å². The Morgan fingerprint density at radius 2 is 1.51 bits per heavy atom. The van der Waals surface area contributed by atoms with E-state index in [1.165, 1.54) is 0 Å². The topological polar surface area (TPSA) is 63.3 Å². The number of ether oxygens (including phenoxy) is 3. The Balaban J connectivity index is 0.00000357. The summed E-state index contributed by atoms with van der Waals surface area (Å²) in [6, 6.07) is 31.1. The normalized spacial score (nSPS) is 11.0. The molecule has 0 fully saturated rings. The molecule has 7 rings (SSSR count). The summed E-state index contributed by atoms with van der Waals surface area (Å²) in [5, 5.41) is 6.85. The second-order valence-electron chi connectivity index (χ2n) is 10.8. The molecular weight excluding hydrogens is 744 g/mol. The van der Waals surface area contributed by atoms with Gasteiger partial charge in [0.05, 0.1) is 26.0 Å². The summed E-state index contributed by atoms with van der Waals surface area (Å²) in [7, 11) is 3.34. The van der Waals surface area contributed by atoms with E-state index in [-0.39, 0.29) is 21.1 Å². The van der Waals surface area contributed by atoms with E-state index in [1.807, 2.05) is 68.7 Å². The molecule has 0 saturated heterocycles. The number of fused-ring (bicyclic) bond motifs is 3. The predicted octanol–water partition coefficient (Wildman–Crippen LogP) is 8.36. The minimum atomic E-state index is 0. The van der Waals surface area contributed by atoms with E-state index in [0.717, 1.165) is 72.6 Å². The number of hydrogen-bond donors (Lipinski definition) is 0. The fourth-order valence-electron chi connectivity index (χ4n) is 5.89. The van der Waals surface area contributed by atoms with Crippen LogP contribution < -0.4 is 14.2 Å². The van der Waals surface area contributed by atoms with Gasteiger partial charge in [-0.3, -0.25) is 4.68 Å². The Hall–Kier alpha value is -4.87. The Kier molecular flexibility index (Phi) is 8.22. The molecule has 0 atom stereocenters. The zero-order valence-corrected chi connectivity index (χ0v) is 27.8. The Bertz CT molecular complexity index is 2150. The van der Waals surface area contributed by atoms with Crippen LogP contribution in [0.4, 0.5) is 0 Å². The maximum atomic E-state index is 6.33. The van der Waals surface area contributed by atoms with Gasteiger partial charge in [-0.2, -0.15) is 17.2 Å². The summed E-state index contributed by atoms with van der Waals surface area (Å²) in [6.45, 7) is 6.12. The first-order valence-corrected chi connectivity index (χ1v) is 14.3. The smallest absolute Gasteiger partial charge is 0.509 e. The van der Waals surface area contributed by atoms with Crippen molar-refractivity contribution in [3.05, 3.63) is 120 Å². The average Bonchev–Trinajstić information content (AvgIpc) is 3.64. The van der Waals surface area contributed by atoms with Gasteiger partial charge in [-0.15, -0.1) is 35.7 Å². The van der Waals surface area contributed by atoms with Gasteiger partial charge < -0.3 is 18.8 Å². The van der Waals surface area contributed by atoms with Gasteiger partial charge >= 0.3 is 21.1 Å². The van der Waals surface area contributed by atoms with Crippen molar-refractivity contribution in [3.8, 4) is 45.6 Å². The zero-order valence-electron chi connectivity index (χ0n) is 25.5.